The van der Waals surface area contributed by atoms with E-state index in [1.807, 2.05) is 18.2 Å². The first-order chi connectivity index (χ1) is 17.7. The fourth-order valence-corrected chi connectivity index (χ4v) is 6.30. The van der Waals surface area contributed by atoms with Crippen LogP contribution in [0.1, 0.15) is 22.9 Å². The second-order valence-electron chi connectivity index (χ2n) is 8.83. The zero-order chi connectivity index (χ0) is 24.1. The molecule has 6 aromatic rings. The summed E-state index contributed by atoms with van der Waals surface area (Å²) in [5.41, 5.74) is 2.93. The highest BCUT2D eigenvalue weighted by molar-refractivity contribution is 7.26. The number of benzene rings is 5. The molecule has 0 fully saturated rings. The summed E-state index contributed by atoms with van der Waals surface area (Å²) in [7, 11) is 0. The summed E-state index contributed by atoms with van der Waals surface area (Å²) in [5.74, 6) is 1.51. The Balaban J connectivity index is 1.38. The topological polar surface area (TPSA) is 36.8 Å². The third kappa shape index (κ3) is 3.58. The number of thiophene rings is 1. The SMILES string of the molecule is Clc1c(C2=NC(c3ccccc3)N=C(c3ccc4ccccc4c3)N2)ccc2c1sc1ccccc12. The lowest BCUT2D eigenvalue weighted by Crippen LogP contribution is -2.36. The molecule has 0 amide bonds. The molecule has 0 saturated heterocycles. The van der Waals surface area contributed by atoms with Gasteiger partial charge >= 0.3 is 0 Å². The average molecular weight is 502 g/mol. The van der Waals surface area contributed by atoms with Crippen LogP contribution in [-0.2, 0) is 0 Å². The van der Waals surface area contributed by atoms with Gasteiger partial charge in [-0.3, -0.25) is 0 Å². The zero-order valence-electron chi connectivity index (χ0n) is 19.2. The molecular weight excluding hydrogens is 482 g/mol. The van der Waals surface area contributed by atoms with Crippen LogP contribution in [-0.4, -0.2) is 11.7 Å². The van der Waals surface area contributed by atoms with Gasteiger partial charge in [0.05, 0.1) is 9.72 Å². The van der Waals surface area contributed by atoms with Crippen LogP contribution < -0.4 is 5.32 Å². The molecule has 1 aliphatic rings. The number of aliphatic imine (C=N–C) groups is 2. The molecule has 0 saturated carbocycles. The Morgan fingerprint density at radius 3 is 2.31 bits per heavy atom. The van der Waals surface area contributed by atoms with Crippen molar-refractivity contribution in [2.75, 3.05) is 0 Å². The highest BCUT2D eigenvalue weighted by atomic mass is 35.5. The van der Waals surface area contributed by atoms with Crippen molar-refractivity contribution in [2.24, 2.45) is 9.98 Å². The van der Waals surface area contributed by atoms with Gasteiger partial charge in [-0.2, -0.15) is 0 Å². The van der Waals surface area contributed by atoms with Crippen molar-refractivity contribution in [3.05, 3.63) is 131 Å². The van der Waals surface area contributed by atoms with E-state index in [9.17, 15) is 0 Å². The predicted molar refractivity (Wildman–Crippen MR) is 154 cm³/mol. The summed E-state index contributed by atoms with van der Waals surface area (Å²) >= 11 is 8.78. The fraction of sp³-hybridized carbons (Fsp3) is 0.0323. The molecule has 1 N–H and O–H groups in total. The van der Waals surface area contributed by atoms with Gasteiger partial charge in [0, 0.05) is 26.6 Å². The van der Waals surface area contributed by atoms with E-state index in [0.29, 0.717) is 5.02 Å². The first kappa shape index (κ1) is 21.3. The maximum absolute atomic E-state index is 7.06. The third-order valence-corrected chi connectivity index (χ3v) is 8.31. The molecular formula is C31H20ClN3S. The van der Waals surface area contributed by atoms with E-state index in [4.69, 9.17) is 21.6 Å². The van der Waals surface area contributed by atoms with Gasteiger partial charge in [-0.15, -0.1) is 11.3 Å². The monoisotopic (exact) mass is 501 g/mol. The van der Waals surface area contributed by atoms with Crippen molar-refractivity contribution in [3.63, 3.8) is 0 Å². The van der Waals surface area contributed by atoms with E-state index < -0.39 is 0 Å². The number of nitrogens with one attached hydrogen (secondary N) is 1. The van der Waals surface area contributed by atoms with Crippen molar-refractivity contribution >= 4 is 65.6 Å². The van der Waals surface area contributed by atoms with Gasteiger partial charge in [-0.25, -0.2) is 9.98 Å². The molecule has 1 aliphatic heterocycles. The van der Waals surface area contributed by atoms with Crippen LogP contribution in [0.25, 0.3) is 30.9 Å². The molecule has 172 valence electrons. The molecule has 1 unspecified atom stereocenters. The van der Waals surface area contributed by atoms with Gasteiger partial charge in [-0.1, -0.05) is 103 Å². The van der Waals surface area contributed by atoms with Crippen LogP contribution in [0.2, 0.25) is 5.02 Å². The standard InChI is InChI=1S/C31H20ClN3S/c32-27-25(17-16-24-23-12-6-7-13-26(23)36-28(24)27)31-34-29(20-9-2-1-3-10-20)33-30(35-31)22-15-14-19-8-4-5-11-21(19)18-22/h1-18,29H,(H,33,34,35). The van der Waals surface area contributed by atoms with Gasteiger partial charge in [0.25, 0.3) is 0 Å². The van der Waals surface area contributed by atoms with E-state index in [1.54, 1.807) is 11.3 Å². The Morgan fingerprint density at radius 2 is 1.42 bits per heavy atom. The van der Waals surface area contributed by atoms with E-state index in [2.05, 4.69) is 96.3 Å². The van der Waals surface area contributed by atoms with Gasteiger partial charge in [0.1, 0.15) is 11.7 Å². The summed E-state index contributed by atoms with van der Waals surface area (Å²) < 4.78 is 2.30. The molecule has 36 heavy (non-hydrogen) atoms. The van der Waals surface area contributed by atoms with Crippen LogP contribution in [0.3, 0.4) is 0 Å². The van der Waals surface area contributed by atoms with Crippen LogP contribution in [0.15, 0.2) is 119 Å². The van der Waals surface area contributed by atoms with E-state index in [1.165, 1.54) is 26.2 Å². The summed E-state index contributed by atoms with van der Waals surface area (Å²) in [6.45, 7) is 0. The molecule has 1 aromatic heterocycles. The minimum absolute atomic E-state index is 0.363. The first-order valence-electron chi connectivity index (χ1n) is 11.8. The van der Waals surface area contributed by atoms with E-state index in [0.717, 1.165) is 33.1 Å². The first-order valence-corrected chi connectivity index (χ1v) is 13.0. The smallest absolute Gasteiger partial charge is 0.169 e. The molecule has 1 atom stereocenters. The lowest BCUT2D eigenvalue weighted by molar-refractivity contribution is 0.756. The highest BCUT2D eigenvalue weighted by Crippen LogP contribution is 2.40. The van der Waals surface area contributed by atoms with Crippen molar-refractivity contribution in [1.29, 1.82) is 0 Å². The molecule has 0 spiro atoms. The molecule has 2 heterocycles. The van der Waals surface area contributed by atoms with E-state index in [-0.39, 0.29) is 6.17 Å². The Kier molecular flexibility index (Phi) is 5.09. The average Bonchev–Trinajstić information content (AvgIpc) is 3.33. The second-order valence-corrected chi connectivity index (χ2v) is 10.3. The maximum Gasteiger partial charge on any atom is 0.169 e. The molecule has 0 radical (unpaired) electrons. The quantitative estimate of drug-likeness (QED) is 0.260. The largest absolute Gasteiger partial charge is 0.324 e. The predicted octanol–water partition coefficient (Wildman–Crippen LogP) is 8.36. The summed E-state index contributed by atoms with van der Waals surface area (Å²) in [6.07, 6.45) is -0.363. The molecule has 7 rings (SSSR count). The Hall–Kier alpha value is -3.99. The Bertz CT molecular complexity index is 1840. The summed E-state index contributed by atoms with van der Waals surface area (Å²) in [5, 5.41) is 8.99. The van der Waals surface area contributed by atoms with Crippen LogP contribution in [0.4, 0.5) is 0 Å². The molecule has 0 bridgehead atoms. The summed E-state index contributed by atoms with van der Waals surface area (Å²) in [6, 6.07) is 37.6. The normalized spacial score (nSPS) is 15.6. The number of amidine groups is 2. The van der Waals surface area contributed by atoms with Gasteiger partial charge in [0.15, 0.2) is 6.17 Å². The van der Waals surface area contributed by atoms with Crippen molar-refractivity contribution in [1.82, 2.24) is 5.32 Å². The highest BCUT2D eigenvalue weighted by Gasteiger charge is 2.23. The van der Waals surface area contributed by atoms with Crippen molar-refractivity contribution in [3.8, 4) is 0 Å². The van der Waals surface area contributed by atoms with Crippen LogP contribution in [0, 0.1) is 0 Å². The number of fused-ring (bicyclic) bond motifs is 4. The fourth-order valence-electron chi connectivity index (χ4n) is 4.78. The van der Waals surface area contributed by atoms with E-state index >= 15 is 0 Å². The van der Waals surface area contributed by atoms with Crippen LogP contribution >= 0.6 is 22.9 Å². The minimum atomic E-state index is -0.363. The number of hydrogen-bond donors (Lipinski definition) is 1. The Morgan fingerprint density at radius 1 is 0.667 bits per heavy atom. The van der Waals surface area contributed by atoms with Gasteiger partial charge in [-0.05, 0) is 34.5 Å². The van der Waals surface area contributed by atoms with Crippen LogP contribution in [0.5, 0.6) is 0 Å². The molecule has 3 nitrogen and oxygen atoms in total. The van der Waals surface area contributed by atoms with Crippen molar-refractivity contribution < 1.29 is 0 Å². The zero-order valence-corrected chi connectivity index (χ0v) is 20.7. The summed E-state index contributed by atoms with van der Waals surface area (Å²) in [4.78, 5) is 10.0. The van der Waals surface area contributed by atoms with Crippen molar-refractivity contribution in [2.45, 2.75) is 6.17 Å². The number of rotatable bonds is 3. The second kappa shape index (κ2) is 8.59. The molecule has 0 aliphatic carbocycles. The van der Waals surface area contributed by atoms with Gasteiger partial charge in [0.2, 0.25) is 0 Å². The number of hydrogen-bond acceptors (Lipinski definition) is 4. The lowest BCUT2D eigenvalue weighted by atomic mass is 10.0. The number of nitrogens with zero attached hydrogens (tertiary/aromatic N) is 2. The molecule has 5 aromatic carbocycles. The minimum Gasteiger partial charge on any atom is -0.324 e. The molecule has 5 heteroatoms. The number of halogens is 1. The lowest BCUT2D eigenvalue weighted by Gasteiger charge is -2.23. The maximum atomic E-state index is 7.06. The third-order valence-electron chi connectivity index (χ3n) is 6.60. The van der Waals surface area contributed by atoms with Gasteiger partial charge < -0.3 is 5.32 Å². The Labute approximate surface area is 217 Å².